The Labute approximate surface area is 104 Å². The number of hydrogen-bond donors (Lipinski definition) is 0. The van der Waals surface area contributed by atoms with E-state index in [1.807, 2.05) is 0 Å². The lowest BCUT2D eigenvalue weighted by atomic mass is 10.2. The molecule has 0 bridgehead atoms. The zero-order valence-electron chi connectivity index (χ0n) is 11.0. The molecule has 0 radical (unpaired) electrons. The molecule has 4 nitrogen and oxygen atoms in total. The molecule has 0 aromatic heterocycles. The maximum Gasteiger partial charge on any atom is 0.330 e. The highest BCUT2D eigenvalue weighted by molar-refractivity contribution is 5.81. The lowest BCUT2D eigenvalue weighted by Crippen LogP contribution is -2.29. The molecule has 0 saturated heterocycles. The highest BCUT2D eigenvalue weighted by Gasteiger charge is 2.05. The third kappa shape index (κ3) is 9.58. The molecule has 0 aliphatic carbocycles. The van der Waals surface area contributed by atoms with Crippen molar-refractivity contribution in [3.8, 4) is 6.07 Å². The zero-order chi connectivity index (χ0) is 13.1. The summed E-state index contributed by atoms with van der Waals surface area (Å²) >= 11 is 0. The molecule has 0 atom stereocenters. The van der Waals surface area contributed by atoms with Crippen LogP contribution in [0.3, 0.4) is 0 Å². The van der Waals surface area contributed by atoms with Gasteiger partial charge in [-0.3, -0.25) is 4.90 Å². The van der Waals surface area contributed by atoms with Gasteiger partial charge in [0.1, 0.15) is 0 Å². The normalized spacial score (nSPS) is 11.1. The largest absolute Gasteiger partial charge is 0.463 e. The first kappa shape index (κ1) is 15.7. The van der Waals surface area contributed by atoms with E-state index in [9.17, 15) is 4.79 Å². The minimum Gasteiger partial charge on any atom is -0.463 e. The summed E-state index contributed by atoms with van der Waals surface area (Å²) < 4.78 is 4.79. The highest BCUT2D eigenvalue weighted by atomic mass is 16.5. The van der Waals surface area contributed by atoms with E-state index in [-0.39, 0.29) is 5.97 Å². The number of nitriles is 1. The molecule has 0 aromatic rings. The molecule has 0 fully saturated rings. The van der Waals surface area contributed by atoms with Crippen molar-refractivity contribution >= 4 is 5.97 Å². The summed E-state index contributed by atoms with van der Waals surface area (Å²) in [7, 11) is 0. The van der Waals surface area contributed by atoms with Gasteiger partial charge in [0.2, 0.25) is 0 Å². The summed E-state index contributed by atoms with van der Waals surface area (Å²) in [5, 5.41) is 8.56. The minimum absolute atomic E-state index is 0.308. The number of rotatable bonds is 8. The molecule has 0 aliphatic rings. The average molecular weight is 238 g/mol. The standard InChI is InChI=1S/C13H22N2O2/c1-4-17-13(16)7-5-9-15(10-6-8-14)11-12(2)3/h5,7,12H,4,6,9-11H2,1-3H3/b7-5+. The van der Waals surface area contributed by atoms with Crippen LogP contribution in [0.5, 0.6) is 0 Å². The second-order valence-electron chi connectivity index (χ2n) is 4.22. The Morgan fingerprint density at radius 3 is 2.76 bits per heavy atom. The van der Waals surface area contributed by atoms with Crippen molar-refractivity contribution < 1.29 is 9.53 Å². The minimum atomic E-state index is -0.308. The number of ether oxygens (including phenoxy) is 1. The van der Waals surface area contributed by atoms with E-state index < -0.39 is 0 Å². The van der Waals surface area contributed by atoms with Gasteiger partial charge in [0.25, 0.3) is 0 Å². The van der Waals surface area contributed by atoms with Gasteiger partial charge in [-0.25, -0.2) is 4.79 Å². The molecule has 0 aliphatic heterocycles. The van der Waals surface area contributed by atoms with E-state index >= 15 is 0 Å². The summed E-state index contributed by atoms with van der Waals surface area (Å²) in [6.07, 6.45) is 3.75. The SMILES string of the molecule is CCOC(=O)/C=C/CN(CCC#N)CC(C)C. The van der Waals surface area contributed by atoms with Crippen LogP contribution < -0.4 is 0 Å². The average Bonchev–Trinajstić information content (AvgIpc) is 2.25. The first-order valence-corrected chi connectivity index (χ1v) is 6.02. The molecule has 0 unspecified atom stereocenters. The van der Waals surface area contributed by atoms with Gasteiger partial charge in [0.15, 0.2) is 0 Å². The van der Waals surface area contributed by atoms with E-state index in [4.69, 9.17) is 10.00 Å². The highest BCUT2D eigenvalue weighted by Crippen LogP contribution is 2.00. The fourth-order valence-corrected chi connectivity index (χ4v) is 1.47. The van der Waals surface area contributed by atoms with Gasteiger partial charge in [0, 0.05) is 32.1 Å². The van der Waals surface area contributed by atoms with Gasteiger partial charge < -0.3 is 4.74 Å². The molecule has 96 valence electrons. The summed E-state index contributed by atoms with van der Waals surface area (Å²) in [6, 6.07) is 2.13. The van der Waals surface area contributed by atoms with Crippen LogP contribution in [0, 0.1) is 17.2 Å². The Morgan fingerprint density at radius 1 is 1.53 bits per heavy atom. The predicted octanol–water partition coefficient (Wildman–Crippen LogP) is 1.98. The smallest absolute Gasteiger partial charge is 0.330 e. The van der Waals surface area contributed by atoms with E-state index in [0.717, 1.165) is 13.1 Å². The van der Waals surface area contributed by atoms with E-state index in [1.165, 1.54) is 6.08 Å². The van der Waals surface area contributed by atoms with Crippen LogP contribution in [0.2, 0.25) is 0 Å². The molecule has 0 saturated carbocycles. The molecular weight excluding hydrogens is 216 g/mol. The molecule has 0 rings (SSSR count). The molecular formula is C13H22N2O2. The van der Waals surface area contributed by atoms with Gasteiger partial charge >= 0.3 is 5.97 Å². The maximum atomic E-state index is 11.1. The summed E-state index contributed by atoms with van der Waals surface area (Å²) in [4.78, 5) is 13.2. The van der Waals surface area contributed by atoms with Gasteiger partial charge in [-0.2, -0.15) is 5.26 Å². The van der Waals surface area contributed by atoms with Crippen LogP contribution >= 0.6 is 0 Å². The Hall–Kier alpha value is -1.34. The van der Waals surface area contributed by atoms with Crippen molar-refractivity contribution in [3.05, 3.63) is 12.2 Å². The molecule has 0 spiro atoms. The molecule has 0 heterocycles. The van der Waals surface area contributed by atoms with Crippen molar-refractivity contribution in [1.29, 1.82) is 5.26 Å². The Morgan fingerprint density at radius 2 is 2.24 bits per heavy atom. The molecule has 0 aromatic carbocycles. The molecule has 0 N–H and O–H groups in total. The number of esters is 1. The van der Waals surface area contributed by atoms with Gasteiger partial charge in [-0.05, 0) is 12.8 Å². The quantitative estimate of drug-likeness (QED) is 0.479. The molecule has 17 heavy (non-hydrogen) atoms. The van der Waals surface area contributed by atoms with Gasteiger partial charge in [-0.15, -0.1) is 0 Å². The van der Waals surface area contributed by atoms with Crippen LogP contribution in [-0.4, -0.2) is 37.1 Å². The Bertz CT molecular complexity index is 280. The van der Waals surface area contributed by atoms with E-state index in [2.05, 4.69) is 24.8 Å². The number of carbonyl (C=O) groups is 1. The van der Waals surface area contributed by atoms with Crippen molar-refractivity contribution in [2.75, 3.05) is 26.2 Å². The lowest BCUT2D eigenvalue weighted by Gasteiger charge is -2.21. The predicted molar refractivity (Wildman–Crippen MR) is 67.3 cm³/mol. The Balaban J connectivity index is 4.05. The Kier molecular flexibility index (Phi) is 9.08. The van der Waals surface area contributed by atoms with E-state index in [0.29, 0.717) is 25.5 Å². The number of hydrogen-bond acceptors (Lipinski definition) is 4. The topological polar surface area (TPSA) is 53.3 Å². The van der Waals surface area contributed by atoms with Crippen LogP contribution in [0.1, 0.15) is 27.2 Å². The van der Waals surface area contributed by atoms with Crippen molar-refractivity contribution in [3.63, 3.8) is 0 Å². The first-order valence-electron chi connectivity index (χ1n) is 6.02. The fourth-order valence-electron chi connectivity index (χ4n) is 1.47. The van der Waals surface area contributed by atoms with Gasteiger partial charge in [0.05, 0.1) is 12.7 Å². The van der Waals surface area contributed by atoms with Crippen molar-refractivity contribution in [1.82, 2.24) is 4.90 Å². The summed E-state index contributed by atoms with van der Waals surface area (Å²) in [6.45, 7) is 8.79. The third-order valence-electron chi connectivity index (χ3n) is 2.07. The maximum absolute atomic E-state index is 11.1. The summed E-state index contributed by atoms with van der Waals surface area (Å²) in [5.41, 5.74) is 0. The van der Waals surface area contributed by atoms with Crippen LogP contribution in [0.4, 0.5) is 0 Å². The molecule has 0 amide bonds. The van der Waals surface area contributed by atoms with Crippen LogP contribution in [-0.2, 0) is 9.53 Å². The zero-order valence-corrected chi connectivity index (χ0v) is 11.0. The first-order chi connectivity index (χ1) is 8.10. The third-order valence-corrected chi connectivity index (χ3v) is 2.07. The number of nitrogens with zero attached hydrogens (tertiary/aromatic N) is 2. The second-order valence-corrected chi connectivity index (χ2v) is 4.22. The van der Waals surface area contributed by atoms with E-state index in [1.54, 1.807) is 13.0 Å². The van der Waals surface area contributed by atoms with Crippen LogP contribution in [0.15, 0.2) is 12.2 Å². The van der Waals surface area contributed by atoms with Crippen LogP contribution in [0.25, 0.3) is 0 Å². The lowest BCUT2D eigenvalue weighted by molar-refractivity contribution is -0.137. The number of carbonyl (C=O) groups excluding carboxylic acids is 1. The second kappa shape index (κ2) is 9.86. The molecule has 4 heteroatoms. The fraction of sp³-hybridized carbons (Fsp3) is 0.692. The van der Waals surface area contributed by atoms with Crippen molar-refractivity contribution in [2.24, 2.45) is 5.92 Å². The monoisotopic (exact) mass is 238 g/mol. The van der Waals surface area contributed by atoms with Crippen molar-refractivity contribution in [2.45, 2.75) is 27.2 Å². The van der Waals surface area contributed by atoms with Gasteiger partial charge in [-0.1, -0.05) is 19.9 Å². The summed E-state index contributed by atoms with van der Waals surface area (Å²) in [5.74, 6) is 0.238.